The van der Waals surface area contributed by atoms with Crippen LogP contribution >= 0.6 is 15.9 Å². The van der Waals surface area contributed by atoms with Gasteiger partial charge in [-0.1, -0.05) is 34.1 Å². The predicted octanol–water partition coefficient (Wildman–Crippen LogP) is 3.62. The molecule has 0 radical (unpaired) electrons. The molecule has 0 aliphatic carbocycles. The topological polar surface area (TPSA) is 83.8 Å². The lowest BCUT2D eigenvalue weighted by Gasteiger charge is -2.14. The van der Waals surface area contributed by atoms with Gasteiger partial charge < -0.3 is 9.84 Å². The highest BCUT2D eigenvalue weighted by Gasteiger charge is 2.15. The Labute approximate surface area is 158 Å². The molecule has 7 heteroatoms. The number of hydrogen-bond acceptors (Lipinski definition) is 5. The SMILES string of the molecule is CC(Oc1cccc2cccnc12)C(=O)N/N=C/c1cc(Br)ccc1O. The fourth-order valence-corrected chi connectivity index (χ4v) is 2.68. The number of carbonyl (C=O) groups excluding carboxylic acids is 1. The minimum Gasteiger partial charge on any atom is -0.507 e. The first-order valence-electron chi connectivity index (χ1n) is 7.86. The zero-order valence-electron chi connectivity index (χ0n) is 13.9. The quantitative estimate of drug-likeness (QED) is 0.494. The van der Waals surface area contributed by atoms with Gasteiger partial charge in [-0.25, -0.2) is 5.43 Å². The summed E-state index contributed by atoms with van der Waals surface area (Å²) in [6, 6.07) is 14.2. The van der Waals surface area contributed by atoms with E-state index in [1.807, 2.05) is 24.3 Å². The zero-order valence-corrected chi connectivity index (χ0v) is 15.5. The summed E-state index contributed by atoms with van der Waals surface area (Å²) >= 11 is 3.31. The number of aromatic nitrogens is 1. The van der Waals surface area contributed by atoms with Crippen molar-refractivity contribution < 1.29 is 14.6 Å². The Hall–Kier alpha value is -2.93. The molecule has 1 heterocycles. The van der Waals surface area contributed by atoms with E-state index in [4.69, 9.17) is 4.74 Å². The molecule has 3 aromatic rings. The number of amides is 1. The lowest BCUT2D eigenvalue weighted by atomic mass is 10.2. The monoisotopic (exact) mass is 413 g/mol. The molecule has 26 heavy (non-hydrogen) atoms. The normalized spacial score (nSPS) is 12.2. The van der Waals surface area contributed by atoms with Gasteiger partial charge in [0.15, 0.2) is 6.10 Å². The summed E-state index contributed by atoms with van der Waals surface area (Å²) in [7, 11) is 0. The molecule has 0 spiro atoms. The number of halogens is 1. The van der Waals surface area contributed by atoms with Gasteiger partial charge in [0.05, 0.1) is 6.21 Å². The summed E-state index contributed by atoms with van der Waals surface area (Å²) < 4.78 is 6.52. The van der Waals surface area contributed by atoms with Gasteiger partial charge in [-0.2, -0.15) is 5.10 Å². The maximum atomic E-state index is 12.2. The smallest absolute Gasteiger partial charge is 0.280 e. The molecule has 0 fully saturated rings. The molecular weight excluding hydrogens is 398 g/mol. The highest BCUT2D eigenvalue weighted by molar-refractivity contribution is 9.10. The van der Waals surface area contributed by atoms with Gasteiger partial charge in [-0.3, -0.25) is 9.78 Å². The summed E-state index contributed by atoms with van der Waals surface area (Å²) in [5.41, 5.74) is 3.57. The van der Waals surface area contributed by atoms with E-state index in [0.717, 1.165) is 9.86 Å². The standard InChI is InChI=1S/C19H16BrN3O3/c1-12(26-17-6-2-4-13-5-3-9-21-18(13)17)19(25)23-22-11-14-10-15(20)7-8-16(14)24/h2-12,24H,1H3,(H,23,25)/b22-11+. The first-order chi connectivity index (χ1) is 12.5. The van der Waals surface area contributed by atoms with Crippen molar-refractivity contribution in [3.8, 4) is 11.5 Å². The molecule has 2 aromatic carbocycles. The number of aromatic hydroxyl groups is 1. The predicted molar refractivity (Wildman–Crippen MR) is 103 cm³/mol. The molecule has 0 saturated carbocycles. The van der Waals surface area contributed by atoms with Crippen LogP contribution in [0.15, 0.2) is 64.3 Å². The number of pyridine rings is 1. The Morgan fingerprint density at radius 3 is 2.96 bits per heavy atom. The molecule has 0 bridgehead atoms. The molecule has 1 amide bonds. The third-order valence-corrected chi connectivity index (χ3v) is 4.13. The van der Waals surface area contributed by atoms with Gasteiger partial charge in [-0.15, -0.1) is 0 Å². The average Bonchev–Trinajstić information content (AvgIpc) is 2.64. The number of nitrogens with zero attached hydrogens (tertiary/aromatic N) is 2. The minimum atomic E-state index is -0.768. The number of para-hydroxylation sites is 1. The van der Waals surface area contributed by atoms with Crippen LogP contribution in [0.25, 0.3) is 10.9 Å². The van der Waals surface area contributed by atoms with Gasteiger partial charge in [0.2, 0.25) is 0 Å². The van der Waals surface area contributed by atoms with Crippen LogP contribution in [0.2, 0.25) is 0 Å². The van der Waals surface area contributed by atoms with Gasteiger partial charge >= 0.3 is 0 Å². The number of phenolic OH excluding ortho intramolecular Hbond substituents is 1. The van der Waals surface area contributed by atoms with Crippen LogP contribution in [0.5, 0.6) is 11.5 Å². The second-order valence-electron chi connectivity index (χ2n) is 5.53. The first kappa shape index (κ1) is 17.9. The van der Waals surface area contributed by atoms with E-state index in [0.29, 0.717) is 16.8 Å². The third-order valence-electron chi connectivity index (χ3n) is 3.64. The summed E-state index contributed by atoms with van der Waals surface area (Å²) in [4.78, 5) is 16.5. The molecule has 132 valence electrons. The molecule has 0 aliphatic rings. The van der Waals surface area contributed by atoms with Crippen molar-refractivity contribution in [1.82, 2.24) is 10.4 Å². The third kappa shape index (κ3) is 4.18. The van der Waals surface area contributed by atoms with Crippen LogP contribution in [-0.4, -0.2) is 28.3 Å². The number of benzene rings is 2. The number of fused-ring (bicyclic) bond motifs is 1. The Morgan fingerprint density at radius 1 is 1.31 bits per heavy atom. The molecule has 1 aromatic heterocycles. The lowest BCUT2D eigenvalue weighted by Crippen LogP contribution is -2.33. The molecule has 1 atom stereocenters. The van der Waals surface area contributed by atoms with Crippen molar-refractivity contribution in [2.45, 2.75) is 13.0 Å². The molecule has 1 unspecified atom stereocenters. The van der Waals surface area contributed by atoms with Crippen LogP contribution < -0.4 is 10.2 Å². The summed E-state index contributed by atoms with van der Waals surface area (Å²) in [6.45, 7) is 1.63. The van der Waals surface area contributed by atoms with Crippen LogP contribution in [0.3, 0.4) is 0 Å². The van der Waals surface area contributed by atoms with E-state index in [1.54, 1.807) is 31.3 Å². The van der Waals surface area contributed by atoms with E-state index < -0.39 is 12.0 Å². The molecule has 3 rings (SSSR count). The van der Waals surface area contributed by atoms with Crippen LogP contribution in [0.1, 0.15) is 12.5 Å². The highest BCUT2D eigenvalue weighted by Crippen LogP contribution is 2.24. The van der Waals surface area contributed by atoms with Gasteiger partial charge in [-0.05, 0) is 37.3 Å². The van der Waals surface area contributed by atoms with Crippen molar-refractivity contribution in [1.29, 1.82) is 0 Å². The van der Waals surface area contributed by atoms with Crippen LogP contribution in [0.4, 0.5) is 0 Å². The van der Waals surface area contributed by atoms with E-state index in [1.165, 1.54) is 12.3 Å². The molecule has 0 saturated heterocycles. The second-order valence-corrected chi connectivity index (χ2v) is 6.44. The van der Waals surface area contributed by atoms with Crippen LogP contribution in [0, 0.1) is 0 Å². The highest BCUT2D eigenvalue weighted by atomic mass is 79.9. The number of ether oxygens (including phenoxy) is 1. The molecule has 6 nitrogen and oxygen atoms in total. The second kappa shape index (κ2) is 7.97. The zero-order chi connectivity index (χ0) is 18.5. The van der Waals surface area contributed by atoms with Crippen molar-refractivity contribution in [2.75, 3.05) is 0 Å². The van der Waals surface area contributed by atoms with Crippen LogP contribution in [-0.2, 0) is 4.79 Å². The summed E-state index contributed by atoms with van der Waals surface area (Å²) in [5.74, 6) is 0.181. The number of hydrogen-bond donors (Lipinski definition) is 2. The van der Waals surface area contributed by atoms with E-state index in [-0.39, 0.29) is 5.75 Å². The maximum Gasteiger partial charge on any atom is 0.280 e. The molecule has 0 aliphatic heterocycles. The van der Waals surface area contributed by atoms with Gasteiger partial charge in [0.1, 0.15) is 17.0 Å². The maximum absolute atomic E-state index is 12.2. The first-order valence-corrected chi connectivity index (χ1v) is 8.66. The Morgan fingerprint density at radius 2 is 2.12 bits per heavy atom. The number of nitrogens with one attached hydrogen (secondary N) is 1. The average molecular weight is 414 g/mol. The van der Waals surface area contributed by atoms with E-state index in [2.05, 4.69) is 31.4 Å². The fourth-order valence-electron chi connectivity index (χ4n) is 2.30. The number of hydrazone groups is 1. The summed E-state index contributed by atoms with van der Waals surface area (Å²) in [5, 5.41) is 14.5. The van der Waals surface area contributed by atoms with Crippen molar-refractivity contribution in [3.63, 3.8) is 0 Å². The largest absolute Gasteiger partial charge is 0.507 e. The van der Waals surface area contributed by atoms with Crippen molar-refractivity contribution >= 4 is 39.0 Å². The van der Waals surface area contributed by atoms with Gasteiger partial charge in [0, 0.05) is 21.6 Å². The minimum absolute atomic E-state index is 0.0670. The number of carbonyl (C=O) groups is 1. The Kier molecular flexibility index (Phi) is 5.48. The fraction of sp³-hybridized carbons (Fsp3) is 0.105. The summed E-state index contributed by atoms with van der Waals surface area (Å²) in [6.07, 6.45) is 2.27. The van der Waals surface area contributed by atoms with Crippen molar-refractivity contribution in [2.24, 2.45) is 5.10 Å². The van der Waals surface area contributed by atoms with E-state index >= 15 is 0 Å². The van der Waals surface area contributed by atoms with Crippen molar-refractivity contribution in [3.05, 3.63) is 64.8 Å². The number of phenols is 1. The van der Waals surface area contributed by atoms with Gasteiger partial charge in [0.25, 0.3) is 5.91 Å². The Balaban J connectivity index is 1.66. The molecular formula is C19H16BrN3O3. The lowest BCUT2D eigenvalue weighted by molar-refractivity contribution is -0.127. The molecule has 2 N–H and O–H groups in total. The Bertz CT molecular complexity index is 970. The number of rotatable bonds is 5. The van der Waals surface area contributed by atoms with E-state index in [9.17, 15) is 9.90 Å².